The summed E-state index contributed by atoms with van der Waals surface area (Å²) in [4.78, 5) is 0. The fourth-order valence-corrected chi connectivity index (χ4v) is 1.52. The first-order valence-electron chi connectivity index (χ1n) is 4.17. The van der Waals surface area contributed by atoms with E-state index in [0.717, 1.165) is 16.6 Å². The first kappa shape index (κ1) is 8.22. The Kier molecular flexibility index (Phi) is 2.00. The van der Waals surface area contributed by atoms with Gasteiger partial charge in [0.2, 0.25) is 0 Å². The van der Waals surface area contributed by atoms with Crippen LogP contribution in [-0.2, 0) is 13.6 Å². The van der Waals surface area contributed by atoms with Crippen molar-refractivity contribution in [3.63, 3.8) is 0 Å². The van der Waals surface area contributed by atoms with Gasteiger partial charge in [0.25, 0.3) is 0 Å². The third kappa shape index (κ3) is 1.30. The highest BCUT2D eigenvalue weighted by Crippen LogP contribution is 2.16. The quantitative estimate of drug-likeness (QED) is 0.518. The van der Waals surface area contributed by atoms with Gasteiger partial charge in [0, 0.05) is 12.4 Å². The van der Waals surface area contributed by atoms with Crippen molar-refractivity contribution >= 4 is 10.9 Å². The highest BCUT2D eigenvalue weighted by molar-refractivity contribution is 5.81. The zero-order valence-corrected chi connectivity index (χ0v) is 7.49. The van der Waals surface area contributed by atoms with Gasteiger partial charge in [-0.25, -0.2) is 0 Å². The van der Waals surface area contributed by atoms with Crippen LogP contribution in [0.5, 0.6) is 0 Å². The zero-order valence-electron chi connectivity index (χ0n) is 7.49. The van der Waals surface area contributed by atoms with Crippen molar-refractivity contribution in [1.29, 1.82) is 0 Å². The molecule has 0 aliphatic rings. The molecule has 1 aromatic heterocycles. The molecule has 0 radical (unpaired) electrons. The molecule has 0 spiro atoms. The Balaban J connectivity index is 2.63. The first-order valence-corrected chi connectivity index (χ1v) is 4.17. The third-order valence-electron chi connectivity index (χ3n) is 2.10. The molecule has 0 saturated carbocycles. The van der Waals surface area contributed by atoms with E-state index in [9.17, 15) is 0 Å². The maximum atomic E-state index is 5.26. The molecule has 4 nitrogen and oxygen atoms in total. The number of benzene rings is 1. The number of nitrogens with zero attached hydrogens (tertiary/aromatic N) is 2. The van der Waals surface area contributed by atoms with Crippen LogP contribution in [0.1, 0.15) is 5.69 Å². The topological polar surface area (TPSA) is 55.9 Å². The molecule has 0 saturated heterocycles. The van der Waals surface area contributed by atoms with Crippen LogP contribution in [0.25, 0.3) is 10.9 Å². The molecule has 0 amide bonds. The number of nitrogens with one attached hydrogen (secondary N) is 1. The van der Waals surface area contributed by atoms with Gasteiger partial charge in [-0.3, -0.25) is 16.0 Å². The second kappa shape index (κ2) is 3.16. The van der Waals surface area contributed by atoms with Crippen LogP contribution < -0.4 is 11.3 Å². The molecule has 2 aromatic rings. The van der Waals surface area contributed by atoms with Gasteiger partial charge in [-0.2, -0.15) is 5.10 Å². The Bertz CT molecular complexity index is 418. The van der Waals surface area contributed by atoms with Crippen LogP contribution in [0.15, 0.2) is 24.3 Å². The SMILES string of the molecule is Cn1nc(CNN)c2ccccc21. The van der Waals surface area contributed by atoms with E-state index in [1.54, 1.807) is 0 Å². The standard InChI is InChI=1S/C9H12N4/c1-13-9-5-3-2-4-7(9)8(12-13)6-11-10/h2-5,11H,6,10H2,1H3. The van der Waals surface area contributed by atoms with E-state index in [-0.39, 0.29) is 0 Å². The maximum absolute atomic E-state index is 5.26. The van der Waals surface area contributed by atoms with Gasteiger partial charge in [0.1, 0.15) is 0 Å². The van der Waals surface area contributed by atoms with Crippen molar-refractivity contribution in [1.82, 2.24) is 15.2 Å². The van der Waals surface area contributed by atoms with Crippen LogP contribution in [-0.4, -0.2) is 9.78 Å². The Morgan fingerprint density at radius 2 is 2.23 bits per heavy atom. The summed E-state index contributed by atoms with van der Waals surface area (Å²) in [6.45, 7) is 0.599. The molecule has 0 aliphatic heterocycles. The summed E-state index contributed by atoms with van der Waals surface area (Å²) in [5.41, 5.74) is 4.73. The molecular formula is C9H12N4. The Hall–Kier alpha value is -1.39. The van der Waals surface area contributed by atoms with Gasteiger partial charge in [0.15, 0.2) is 0 Å². The molecule has 2 rings (SSSR count). The summed E-state index contributed by atoms with van der Waals surface area (Å²) in [6.07, 6.45) is 0. The number of aryl methyl sites for hydroxylation is 1. The van der Waals surface area contributed by atoms with Crippen molar-refractivity contribution in [3.8, 4) is 0 Å². The van der Waals surface area contributed by atoms with Crippen molar-refractivity contribution in [2.45, 2.75) is 6.54 Å². The van der Waals surface area contributed by atoms with Gasteiger partial charge in [-0.1, -0.05) is 18.2 Å². The summed E-state index contributed by atoms with van der Waals surface area (Å²) >= 11 is 0. The minimum Gasteiger partial charge on any atom is -0.271 e. The van der Waals surface area contributed by atoms with E-state index in [1.807, 2.05) is 29.9 Å². The smallest absolute Gasteiger partial charge is 0.0855 e. The molecule has 1 aromatic carbocycles. The molecule has 0 bridgehead atoms. The molecular weight excluding hydrogens is 164 g/mol. The number of aromatic nitrogens is 2. The second-order valence-corrected chi connectivity index (χ2v) is 2.97. The lowest BCUT2D eigenvalue weighted by molar-refractivity contribution is 0.691. The van der Waals surface area contributed by atoms with Gasteiger partial charge < -0.3 is 0 Å². The lowest BCUT2D eigenvalue weighted by Gasteiger charge is -1.93. The van der Waals surface area contributed by atoms with Gasteiger partial charge in [0.05, 0.1) is 17.8 Å². The normalized spacial score (nSPS) is 10.9. The van der Waals surface area contributed by atoms with Gasteiger partial charge >= 0.3 is 0 Å². The minimum absolute atomic E-state index is 0.599. The van der Waals surface area contributed by atoms with E-state index in [2.05, 4.69) is 16.6 Å². The Morgan fingerprint density at radius 3 is 3.00 bits per heavy atom. The molecule has 0 atom stereocenters. The Morgan fingerprint density at radius 1 is 1.46 bits per heavy atom. The van der Waals surface area contributed by atoms with Crippen LogP contribution >= 0.6 is 0 Å². The molecule has 0 aliphatic carbocycles. The van der Waals surface area contributed by atoms with Crippen LogP contribution in [0.3, 0.4) is 0 Å². The summed E-state index contributed by atoms with van der Waals surface area (Å²) in [5.74, 6) is 5.26. The number of para-hydroxylation sites is 1. The molecule has 0 fully saturated rings. The summed E-state index contributed by atoms with van der Waals surface area (Å²) in [6, 6.07) is 8.10. The van der Waals surface area contributed by atoms with Crippen molar-refractivity contribution < 1.29 is 0 Å². The van der Waals surface area contributed by atoms with Crippen LogP contribution in [0, 0.1) is 0 Å². The van der Waals surface area contributed by atoms with Gasteiger partial charge in [-0.05, 0) is 6.07 Å². The average Bonchev–Trinajstić information content (AvgIpc) is 2.46. The molecule has 3 N–H and O–H groups in total. The molecule has 4 heteroatoms. The fourth-order valence-electron chi connectivity index (χ4n) is 1.52. The third-order valence-corrected chi connectivity index (χ3v) is 2.10. The average molecular weight is 176 g/mol. The predicted molar refractivity (Wildman–Crippen MR) is 51.7 cm³/mol. The van der Waals surface area contributed by atoms with Crippen molar-refractivity contribution in [3.05, 3.63) is 30.0 Å². The van der Waals surface area contributed by atoms with Crippen molar-refractivity contribution in [2.24, 2.45) is 12.9 Å². The highest BCUT2D eigenvalue weighted by Gasteiger charge is 2.05. The maximum Gasteiger partial charge on any atom is 0.0855 e. The largest absolute Gasteiger partial charge is 0.271 e. The summed E-state index contributed by atoms with van der Waals surface area (Å²) < 4.78 is 1.86. The Labute approximate surface area is 76.3 Å². The highest BCUT2D eigenvalue weighted by atomic mass is 15.3. The zero-order chi connectivity index (χ0) is 9.26. The minimum atomic E-state index is 0.599. The van der Waals surface area contributed by atoms with Crippen molar-refractivity contribution in [2.75, 3.05) is 0 Å². The van der Waals surface area contributed by atoms with E-state index in [4.69, 9.17) is 5.84 Å². The number of fused-ring (bicyclic) bond motifs is 1. The first-order chi connectivity index (χ1) is 6.33. The van der Waals surface area contributed by atoms with E-state index in [1.165, 1.54) is 0 Å². The molecule has 0 unspecified atom stereocenters. The lowest BCUT2D eigenvalue weighted by atomic mass is 10.2. The summed E-state index contributed by atoms with van der Waals surface area (Å²) in [7, 11) is 1.93. The number of hydrogen-bond donors (Lipinski definition) is 2. The molecule has 1 heterocycles. The fraction of sp³-hybridized carbons (Fsp3) is 0.222. The molecule has 68 valence electrons. The number of hydrogen-bond acceptors (Lipinski definition) is 3. The predicted octanol–water partition coefficient (Wildman–Crippen LogP) is 0.537. The number of rotatable bonds is 2. The monoisotopic (exact) mass is 176 g/mol. The number of nitrogens with two attached hydrogens (primary N) is 1. The van der Waals surface area contributed by atoms with E-state index >= 15 is 0 Å². The number of hydrazine groups is 1. The summed E-state index contributed by atoms with van der Waals surface area (Å²) in [5, 5.41) is 5.51. The van der Waals surface area contributed by atoms with Gasteiger partial charge in [-0.15, -0.1) is 0 Å². The van der Waals surface area contributed by atoms with E-state index in [0.29, 0.717) is 6.54 Å². The second-order valence-electron chi connectivity index (χ2n) is 2.97. The van der Waals surface area contributed by atoms with Crippen LogP contribution in [0.4, 0.5) is 0 Å². The lowest BCUT2D eigenvalue weighted by Crippen LogP contribution is -2.21. The van der Waals surface area contributed by atoms with E-state index < -0.39 is 0 Å². The molecule has 13 heavy (non-hydrogen) atoms. The van der Waals surface area contributed by atoms with Crippen LogP contribution in [0.2, 0.25) is 0 Å².